The molecule has 19 heteroatoms. The van der Waals surface area contributed by atoms with Crippen LogP contribution in [0.4, 0.5) is 0 Å². The summed E-state index contributed by atoms with van der Waals surface area (Å²) in [4.78, 5) is 54.3. The molecule has 0 aromatic heterocycles. The molecule has 70 heavy (non-hydrogen) atoms. The number of ether oxygens (including phenoxy) is 2. The standard InChI is InChI=1S/C51H84O17P2/c1-3-5-7-9-11-12-13-14-15-16-17-18-19-24-27-31-35-39-45(54)66-43(41-65-70(62,63)68-51-48(57)46(55)47(56)50(49(51)58)67-69(59,60)61)40-64-44(53)38-34-30-26-23-21-20-22-25-29-33-37-42(52)36-32-28-10-8-6-4-2/h6,8,11-12,14-15,20-21,25-26,28-30,32-33,37,42-43,46-52,55-58H,3-5,7,9-10,13,16-19,22-24,27,31,34-36,38-41H2,1-2H3,(H,62,63)(H2,59,60,61)/b8-6-,12-11-,15-14-,21-20-,29-25-,30-26-,32-28-,37-33+/t42?,43-,46?,47?,48?,49?,50-,51+/m1/s1. The van der Waals surface area contributed by atoms with E-state index in [-0.39, 0.29) is 12.8 Å². The first-order chi connectivity index (χ1) is 33.5. The van der Waals surface area contributed by atoms with Gasteiger partial charge in [0.1, 0.15) is 43.2 Å². The van der Waals surface area contributed by atoms with E-state index in [2.05, 4.69) is 54.8 Å². The van der Waals surface area contributed by atoms with Crippen LogP contribution >= 0.6 is 15.6 Å². The van der Waals surface area contributed by atoms with Gasteiger partial charge in [-0.1, -0.05) is 156 Å². The quantitative estimate of drug-likeness (QED) is 0.00935. The molecule has 0 spiro atoms. The Labute approximate surface area is 416 Å². The average molecular weight is 1030 g/mol. The van der Waals surface area contributed by atoms with Gasteiger partial charge >= 0.3 is 27.6 Å². The Balaban J connectivity index is 2.65. The first kappa shape index (κ1) is 64.9. The van der Waals surface area contributed by atoms with Gasteiger partial charge in [0.05, 0.1) is 12.7 Å². The van der Waals surface area contributed by atoms with E-state index in [0.717, 1.165) is 70.6 Å². The summed E-state index contributed by atoms with van der Waals surface area (Å²) in [5, 5.41) is 51.3. The molecule has 0 saturated heterocycles. The summed E-state index contributed by atoms with van der Waals surface area (Å²) < 4.78 is 49.3. The predicted molar refractivity (Wildman–Crippen MR) is 270 cm³/mol. The number of carbonyl (C=O) groups excluding carboxylic acids is 2. The van der Waals surface area contributed by atoms with Crippen LogP contribution in [-0.2, 0) is 41.8 Å². The molecule has 0 heterocycles. The fourth-order valence-electron chi connectivity index (χ4n) is 6.87. The number of allylic oxidation sites excluding steroid dienone is 14. The summed E-state index contributed by atoms with van der Waals surface area (Å²) in [6, 6.07) is 0. The van der Waals surface area contributed by atoms with Crippen molar-refractivity contribution in [3.63, 3.8) is 0 Å². The van der Waals surface area contributed by atoms with E-state index >= 15 is 0 Å². The van der Waals surface area contributed by atoms with Crippen molar-refractivity contribution in [2.45, 2.75) is 198 Å². The molecule has 1 rings (SSSR count). The zero-order valence-corrected chi connectivity index (χ0v) is 43.1. The number of hydrogen-bond donors (Lipinski definition) is 8. The second-order valence-corrected chi connectivity index (χ2v) is 19.6. The van der Waals surface area contributed by atoms with Crippen molar-refractivity contribution < 1.29 is 82.0 Å². The van der Waals surface area contributed by atoms with Gasteiger partial charge in [0.15, 0.2) is 6.10 Å². The Morgan fingerprint density at radius 2 is 1.07 bits per heavy atom. The van der Waals surface area contributed by atoms with Crippen molar-refractivity contribution in [1.29, 1.82) is 0 Å². The van der Waals surface area contributed by atoms with Gasteiger partial charge in [-0.25, -0.2) is 9.13 Å². The van der Waals surface area contributed by atoms with E-state index in [0.29, 0.717) is 32.1 Å². The maximum Gasteiger partial charge on any atom is 0.472 e. The van der Waals surface area contributed by atoms with E-state index in [1.807, 2.05) is 48.6 Å². The monoisotopic (exact) mass is 1030 g/mol. The molecule has 1 saturated carbocycles. The highest BCUT2D eigenvalue weighted by molar-refractivity contribution is 7.47. The van der Waals surface area contributed by atoms with Crippen LogP contribution in [-0.4, -0.2) is 114 Å². The number of hydrogen-bond acceptors (Lipinski definition) is 14. The number of aliphatic hydroxyl groups is 5. The van der Waals surface area contributed by atoms with Crippen LogP contribution in [0.15, 0.2) is 97.2 Å². The smallest absolute Gasteiger partial charge is 0.462 e. The molecule has 9 atom stereocenters. The lowest BCUT2D eigenvalue weighted by Gasteiger charge is -2.43. The Morgan fingerprint density at radius 3 is 1.69 bits per heavy atom. The summed E-state index contributed by atoms with van der Waals surface area (Å²) in [6.45, 7) is 2.83. The van der Waals surface area contributed by atoms with Crippen LogP contribution in [0.2, 0.25) is 0 Å². The largest absolute Gasteiger partial charge is 0.472 e. The molecule has 1 aliphatic rings. The van der Waals surface area contributed by atoms with Gasteiger partial charge in [-0.15, -0.1) is 0 Å². The second-order valence-electron chi connectivity index (χ2n) is 17.0. The Morgan fingerprint density at radius 1 is 0.543 bits per heavy atom. The zero-order chi connectivity index (χ0) is 51.9. The Hall–Kier alpha value is -3.12. The normalized spacial score (nSPS) is 22.3. The first-order valence-electron chi connectivity index (χ1n) is 24.9. The van der Waals surface area contributed by atoms with Crippen molar-refractivity contribution in [1.82, 2.24) is 0 Å². The molecule has 400 valence electrons. The van der Waals surface area contributed by atoms with Crippen LogP contribution < -0.4 is 0 Å². The van der Waals surface area contributed by atoms with Crippen LogP contribution in [0, 0.1) is 0 Å². The lowest BCUT2D eigenvalue weighted by Crippen LogP contribution is -2.64. The molecule has 0 aromatic rings. The minimum absolute atomic E-state index is 0.00370. The number of carbonyl (C=O) groups is 2. The predicted octanol–water partition coefficient (Wildman–Crippen LogP) is 8.92. The summed E-state index contributed by atoms with van der Waals surface area (Å²) in [7, 11) is -10.7. The van der Waals surface area contributed by atoms with E-state index in [4.69, 9.17) is 18.5 Å². The molecule has 0 bridgehead atoms. The average Bonchev–Trinajstić information content (AvgIpc) is 3.31. The van der Waals surface area contributed by atoms with E-state index < -0.39 is 89.6 Å². The van der Waals surface area contributed by atoms with Gasteiger partial charge in [0.25, 0.3) is 0 Å². The summed E-state index contributed by atoms with van der Waals surface area (Å²) in [6.07, 6.45) is 33.9. The van der Waals surface area contributed by atoms with Gasteiger partial charge < -0.3 is 49.7 Å². The van der Waals surface area contributed by atoms with Crippen LogP contribution in [0.3, 0.4) is 0 Å². The number of esters is 2. The van der Waals surface area contributed by atoms with Gasteiger partial charge in [0, 0.05) is 12.8 Å². The zero-order valence-electron chi connectivity index (χ0n) is 41.3. The van der Waals surface area contributed by atoms with Crippen LogP contribution in [0.25, 0.3) is 0 Å². The number of phosphoric ester groups is 2. The molecule has 8 N–H and O–H groups in total. The second kappa shape index (κ2) is 40.4. The highest BCUT2D eigenvalue weighted by Crippen LogP contribution is 2.49. The maximum atomic E-state index is 13.0. The van der Waals surface area contributed by atoms with Gasteiger partial charge in [-0.05, 0) is 77.0 Å². The Bertz CT molecular complexity index is 1730. The van der Waals surface area contributed by atoms with E-state index in [9.17, 15) is 58.9 Å². The lowest BCUT2D eigenvalue weighted by molar-refractivity contribution is -0.216. The Kier molecular flexibility index (Phi) is 37.4. The number of aliphatic hydroxyl groups excluding tert-OH is 5. The molecule has 0 amide bonds. The minimum atomic E-state index is -5.38. The third kappa shape index (κ3) is 34.3. The van der Waals surface area contributed by atoms with Crippen molar-refractivity contribution >= 4 is 27.6 Å². The fourth-order valence-corrected chi connectivity index (χ4v) is 8.41. The minimum Gasteiger partial charge on any atom is -0.462 e. The summed E-state index contributed by atoms with van der Waals surface area (Å²) in [5.41, 5.74) is 0. The highest BCUT2D eigenvalue weighted by atomic mass is 31.2. The van der Waals surface area contributed by atoms with E-state index in [1.165, 1.54) is 19.3 Å². The van der Waals surface area contributed by atoms with Crippen molar-refractivity contribution in [2.24, 2.45) is 0 Å². The molecule has 1 fully saturated rings. The molecular formula is C51H84O17P2. The van der Waals surface area contributed by atoms with Gasteiger partial charge in [0.2, 0.25) is 0 Å². The maximum absolute atomic E-state index is 13.0. The third-order valence-electron chi connectivity index (χ3n) is 10.7. The molecule has 0 aromatic carbocycles. The highest BCUT2D eigenvalue weighted by Gasteiger charge is 2.54. The summed E-state index contributed by atoms with van der Waals surface area (Å²) in [5.74, 6) is -1.35. The number of rotatable bonds is 40. The van der Waals surface area contributed by atoms with Gasteiger partial charge in [-0.2, -0.15) is 0 Å². The number of unbranched alkanes of at least 4 members (excludes halogenated alkanes) is 10. The molecule has 0 aliphatic heterocycles. The van der Waals surface area contributed by atoms with Crippen LogP contribution in [0.1, 0.15) is 149 Å². The molecular weight excluding hydrogens is 946 g/mol. The van der Waals surface area contributed by atoms with E-state index in [1.54, 1.807) is 12.2 Å². The van der Waals surface area contributed by atoms with Crippen molar-refractivity contribution in [3.8, 4) is 0 Å². The van der Waals surface area contributed by atoms with Crippen molar-refractivity contribution in [2.75, 3.05) is 13.2 Å². The SMILES string of the molecule is CC/C=C\C/C=C\CC(O)/C=C/C=C\C/C=C\C/C=C\CCC(=O)OC[C@H](COP(=O)(O)O[C@H]1C(O)C(O)C(O)[C@@H](OP(=O)(O)O)C1O)OC(=O)CCCCCCCCC/C=C\C/C=C\CCCCC. The molecule has 17 nitrogen and oxygen atoms in total. The number of phosphoric acid groups is 2. The topological polar surface area (TPSA) is 276 Å². The lowest BCUT2D eigenvalue weighted by atomic mass is 9.85. The first-order valence-corrected chi connectivity index (χ1v) is 27.9. The van der Waals surface area contributed by atoms with Crippen LogP contribution in [0.5, 0.6) is 0 Å². The van der Waals surface area contributed by atoms with Crippen molar-refractivity contribution in [3.05, 3.63) is 97.2 Å². The fraction of sp³-hybridized carbons (Fsp3) is 0.647. The molecule has 0 radical (unpaired) electrons. The molecule has 6 unspecified atom stereocenters. The molecule has 1 aliphatic carbocycles. The summed E-state index contributed by atoms with van der Waals surface area (Å²) >= 11 is 0. The third-order valence-corrected chi connectivity index (χ3v) is 12.2. The van der Waals surface area contributed by atoms with Gasteiger partial charge in [-0.3, -0.25) is 23.2 Å².